The molecular formula is C14H13ClN2O. The molecule has 0 heterocycles. The van der Waals surface area contributed by atoms with Gasteiger partial charge in [-0.1, -0.05) is 29.8 Å². The molecular weight excluding hydrogens is 248 g/mol. The molecule has 0 aromatic heterocycles. The number of carbonyl (C=O) groups excluding carboxylic acids is 1. The molecule has 0 unspecified atom stereocenters. The Labute approximate surface area is 111 Å². The van der Waals surface area contributed by atoms with Crippen molar-refractivity contribution in [1.82, 2.24) is 0 Å². The number of rotatable bonds is 3. The fourth-order valence-corrected chi connectivity index (χ4v) is 1.87. The van der Waals surface area contributed by atoms with Crippen molar-refractivity contribution in [3.63, 3.8) is 0 Å². The molecule has 3 N–H and O–H groups in total. The summed E-state index contributed by atoms with van der Waals surface area (Å²) >= 11 is 6.05. The summed E-state index contributed by atoms with van der Waals surface area (Å²) in [6.45, 7) is 1.91. The normalized spacial score (nSPS) is 10.1. The van der Waals surface area contributed by atoms with E-state index < -0.39 is 5.91 Å². The molecule has 0 radical (unpaired) electrons. The molecule has 0 fully saturated rings. The van der Waals surface area contributed by atoms with Crippen LogP contribution in [0.1, 0.15) is 15.9 Å². The smallest absolute Gasteiger partial charge is 0.250 e. The number of hydrogen-bond acceptors (Lipinski definition) is 2. The number of anilines is 2. The molecule has 2 rings (SSSR count). The maximum Gasteiger partial charge on any atom is 0.250 e. The summed E-state index contributed by atoms with van der Waals surface area (Å²) in [5.74, 6) is -0.460. The van der Waals surface area contributed by atoms with E-state index in [4.69, 9.17) is 17.3 Å². The van der Waals surface area contributed by atoms with Crippen molar-refractivity contribution >= 4 is 28.9 Å². The van der Waals surface area contributed by atoms with Gasteiger partial charge >= 0.3 is 0 Å². The number of para-hydroxylation sites is 1. The zero-order valence-corrected chi connectivity index (χ0v) is 10.7. The first-order valence-corrected chi connectivity index (χ1v) is 5.88. The van der Waals surface area contributed by atoms with E-state index in [0.29, 0.717) is 16.3 Å². The molecule has 0 spiro atoms. The van der Waals surface area contributed by atoms with Crippen LogP contribution in [0.5, 0.6) is 0 Å². The number of carbonyl (C=O) groups is 1. The van der Waals surface area contributed by atoms with Crippen molar-refractivity contribution in [2.24, 2.45) is 5.73 Å². The standard InChI is InChI=1S/C14H13ClN2O/c1-9-11(15)6-4-8-12(9)17-13-7-3-2-5-10(13)14(16)18/h2-8,17H,1H3,(H2,16,18). The molecule has 2 aromatic rings. The van der Waals surface area contributed by atoms with E-state index in [0.717, 1.165) is 11.3 Å². The molecule has 0 aliphatic carbocycles. The SMILES string of the molecule is Cc1c(Cl)cccc1Nc1ccccc1C(N)=O. The Bertz CT molecular complexity index is 596. The van der Waals surface area contributed by atoms with E-state index in [1.807, 2.05) is 31.2 Å². The van der Waals surface area contributed by atoms with E-state index in [1.54, 1.807) is 18.2 Å². The van der Waals surface area contributed by atoms with Gasteiger partial charge in [-0.25, -0.2) is 0 Å². The number of halogens is 1. The maximum absolute atomic E-state index is 11.3. The molecule has 4 heteroatoms. The molecule has 2 aromatic carbocycles. The molecule has 0 saturated carbocycles. The summed E-state index contributed by atoms with van der Waals surface area (Å²) in [6, 6.07) is 12.7. The number of nitrogens with one attached hydrogen (secondary N) is 1. The number of benzene rings is 2. The van der Waals surface area contributed by atoms with Crippen LogP contribution in [0, 0.1) is 6.92 Å². The van der Waals surface area contributed by atoms with E-state index in [-0.39, 0.29) is 0 Å². The van der Waals surface area contributed by atoms with E-state index in [2.05, 4.69) is 5.32 Å². The van der Waals surface area contributed by atoms with Crippen molar-refractivity contribution < 1.29 is 4.79 Å². The Balaban J connectivity index is 2.40. The van der Waals surface area contributed by atoms with Crippen LogP contribution in [-0.4, -0.2) is 5.91 Å². The van der Waals surface area contributed by atoms with Crippen LogP contribution in [0.25, 0.3) is 0 Å². The lowest BCUT2D eigenvalue weighted by Gasteiger charge is -2.12. The van der Waals surface area contributed by atoms with Crippen LogP contribution in [0.15, 0.2) is 42.5 Å². The molecule has 0 bridgehead atoms. The first kappa shape index (κ1) is 12.5. The predicted molar refractivity (Wildman–Crippen MR) is 74.4 cm³/mol. The minimum absolute atomic E-state index is 0.455. The Morgan fingerprint density at radius 3 is 2.50 bits per heavy atom. The topological polar surface area (TPSA) is 55.1 Å². The number of amides is 1. The van der Waals surface area contributed by atoms with Crippen LogP contribution in [0.2, 0.25) is 5.02 Å². The summed E-state index contributed by atoms with van der Waals surface area (Å²) in [4.78, 5) is 11.3. The number of primary amides is 1. The van der Waals surface area contributed by atoms with Crippen molar-refractivity contribution in [1.29, 1.82) is 0 Å². The lowest BCUT2D eigenvalue weighted by molar-refractivity contribution is 0.100. The van der Waals surface area contributed by atoms with Gasteiger partial charge in [-0.15, -0.1) is 0 Å². The van der Waals surface area contributed by atoms with Gasteiger partial charge in [0.15, 0.2) is 0 Å². The van der Waals surface area contributed by atoms with E-state index in [9.17, 15) is 4.79 Å². The second-order valence-electron chi connectivity index (χ2n) is 3.95. The number of nitrogens with two attached hydrogens (primary N) is 1. The van der Waals surface area contributed by atoms with E-state index >= 15 is 0 Å². The highest BCUT2D eigenvalue weighted by molar-refractivity contribution is 6.31. The molecule has 0 aliphatic rings. The largest absolute Gasteiger partial charge is 0.366 e. The third kappa shape index (κ3) is 2.46. The maximum atomic E-state index is 11.3. The summed E-state index contributed by atoms with van der Waals surface area (Å²) in [7, 11) is 0. The minimum Gasteiger partial charge on any atom is -0.366 e. The van der Waals surface area contributed by atoms with Crippen molar-refractivity contribution in [3.05, 3.63) is 58.6 Å². The van der Waals surface area contributed by atoms with E-state index in [1.165, 1.54) is 0 Å². The molecule has 1 amide bonds. The highest BCUT2D eigenvalue weighted by atomic mass is 35.5. The Hall–Kier alpha value is -2.00. The summed E-state index contributed by atoms with van der Waals surface area (Å²) in [5, 5.41) is 3.86. The van der Waals surface area contributed by atoms with Gasteiger partial charge in [-0.3, -0.25) is 4.79 Å². The third-order valence-electron chi connectivity index (χ3n) is 2.73. The zero-order chi connectivity index (χ0) is 13.1. The minimum atomic E-state index is -0.460. The summed E-state index contributed by atoms with van der Waals surface area (Å²) in [5.41, 5.74) is 8.25. The van der Waals surface area contributed by atoms with Gasteiger partial charge in [0.25, 0.3) is 5.91 Å². The second kappa shape index (κ2) is 5.10. The molecule has 0 saturated heterocycles. The fourth-order valence-electron chi connectivity index (χ4n) is 1.69. The van der Waals surface area contributed by atoms with Crippen molar-refractivity contribution in [2.75, 3.05) is 5.32 Å². The van der Waals surface area contributed by atoms with Gasteiger partial charge in [0.1, 0.15) is 0 Å². The zero-order valence-electron chi connectivity index (χ0n) is 9.91. The summed E-state index contributed by atoms with van der Waals surface area (Å²) in [6.07, 6.45) is 0. The third-order valence-corrected chi connectivity index (χ3v) is 3.14. The highest BCUT2D eigenvalue weighted by Gasteiger charge is 2.08. The summed E-state index contributed by atoms with van der Waals surface area (Å²) < 4.78 is 0. The van der Waals surface area contributed by atoms with Gasteiger partial charge in [0, 0.05) is 10.7 Å². The first-order valence-electron chi connectivity index (χ1n) is 5.50. The van der Waals surface area contributed by atoms with Crippen molar-refractivity contribution in [3.8, 4) is 0 Å². The van der Waals surface area contributed by atoms with Crippen LogP contribution >= 0.6 is 11.6 Å². The highest BCUT2D eigenvalue weighted by Crippen LogP contribution is 2.27. The van der Waals surface area contributed by atoms with Gasteiger partial charge in [-0.2, -0.15) is 0 Å². The molecule has 92 valence electrons. The van der Waals surface area contributed by atoms with Crippen LogP contribution in [0.3, 0.4) is 0 Å². The molecule has 3 nitrogen and oxygen atoms in total. The Kier molecular flexibility index (Phi) is 3.53. The van der Waals surface area contributed by atoms with Gasteiger partial charge in [0.05, 0.1) is 11.3 Å². The average molecular weight is 261 g/mol. The van der Waals surface area contributed by atoms with Crippen LogP contribution in [0.4, 0.5) is 11.4 Å². The average Bonchev–Trinajstić information content (AvgIpc) is 2.35. The van der Waals surface area contributed by atoms with Crippen LogP contribution < -0.4 is 11.1 Å². The van der Waals surface area contributed by atoms with Crippen molar-refractivity contribution in [2.45, 2.75) is 6.92 Å². The molecule has 0 atom stereocenters. The quantitative estimate of drug-likeness (QED) is 0.888. The lowest BCUT2D eigenvalue weighted by Crippen LogP contribution is -2.13. The second-order valence-corrected chi connectivity index (χ2v) is 4.35. The van der Waals surface area contributed by atoms with Crippen LogP contribution in [-0.2, 0) is 0 Å². The Morgan fingerprint density at radius 2 is 1.78 bits per heavy atom. The predicted octanol–water partition coefficient (Wildman–Crippen LogP) is 3.49. The molecule has 0 aliphatic heterocycles. The van der Waals surface area contributed by atoms with Gasteiger partial charge in [-0.05, 0) is 36.8 Å². The number of hydrogen-bond donors (Lipinski definition) is 2. The fraction of sp³-hybridized carbons (Fsp3) is 0.0714. The monoisotopic (exact) mass is 260 g/mol. The molecule has 18 heavy (non-hydrogen) atoms. The Morgan fingerprint density at radius 1 is 1.11 bits per heavy atom. The first-order chi connectivity index (χ1) is 8.59. The van der Waals surface area contributed by atoms with Gasteiger partial charge in [0.2, 0.25) is 0 Å². The van der Waals surface area contributed by atoms with Gasteiger partial charge < -0.3 is 11.1 Å². The lowest BCUT2D eigenvalue weighted by atomic mass is 10.1.